The zero-order chi connectivity index (χ0) is 14.0. The van der Waals surface area contributed by atoms with E-state index >= 15 is 0 Å². The number of hydrogen-bond donors (Lipinski definition) is 1. The fraction of sp³-hybridized carbons (Fsp3) is 0.714. The van der Waals surface area contributed by atoms with E-state index in [0.29, 0.717) is 6.42 Å². The van der Waals surface area contributed by atoms with Gasteiger partial charge in [-0.05, 0) is 26.2 Å². The monoisotopic (exact) mass is 254 g/mol. The van der Waals surface area contributed by atoms with E-state index in [4.69, 9.17) is 0 Å². The molecule has 2 amide bonds. The van der Waals surface area contributed by atoms with Crippen LogP contribution in [0.5, 0.6) is 0 Å². The zero-order valence-corrected chi connectivity index (χ0v) is 12.0. The number of amides is 2. The Bertz CT molecular complexity index is 286. The van der Waals surface area contributed by atoms with Gasteiger partial charge in [-0.1, -0.05) is 18.6 Å². The third kappa shape index (κ3) is 7.09. The molecule has 0 heterocycles. The summed E-state index contributed by atoms with van der Waals surface area (Å²) in [6.07, 6.45) is 8.31. The van der Waals surface area contributed by atoms with Gasteiger partial charge in [-0.25, -0.2) is 0 Å². The highest BCUT2D eigenvalue weighted by Crippen LogP contribution is 2.15. The number of hydrogen-bond acceptors (Lipinski definition) is 2. The third-order valence-corrected chi connectivity index (χ3v) is 2.95. The average molecular weight is 254 g/mol. The molecule has 0 saturated carbocycles. The van der Waals surface area contributed by atoms with Crippen LogP contribution < -0.4 is 5.32 Å². The lowest BCUT2D eigenvalue weighted by molar-refractivity contribution is -0.134. The van der Waals surface area contributed by atoms with Crippen molar-refractivity contribution in [3.63, 3.8) is 0 Å². The van der Waals surface area contributed by atoms with Crippen LogP contribution in [-0.2, 0) is 9.59 Å². The molecule has 0 fully saturated rings. The smallest absolute Gasteiger partial charge is 0.223 e. The Labute approximate surface area is 110 Å². The van der Waals surface area contributed by atoms with Crippen LogP contribution in [0.1, 0.15) is 39.0 Å². The molecule has 0 spiro atoms. The minimum atomic E-state index is -0.199. The van der Waals surface area contributed by atoms with Crippen molar-refractivity contribution in [3.05, 3.63) is 12.2 Å². The molecule has 0 aliphatic rings. The number of rotatable bonds is 8. The minimum Gasteiger partial charge on any atom is -0.359 e. The van der Waals surface area contributed by atoms with Crippen LogP contribution in [-0.4, -0.2) is 37.9 Å². The van der Waals surface area contributed by atoms with E-state index in [1.165, 1.54) is 4.90 Å². The van der Waals surface area contributed by atoms with Crippen molar-refractivity contribution < 1.29 is 9.59 Å². The summed E-state index contributed by atoms with van der Waals surface area (Å²) in [6.45, 7) is 2.00. The molecule has 1 N–H and O–H groups in total. The van der Waals surface area contributed by atoms with Crippen molar-refractivity contribution in [1.29, 1.82) is 0 Å². The average Bonchev–Trinajstić information content (AvgIpc) is 2.35. The summed E-state index contributed by atoms with van der Waals surface area (Å²) in [5, 5.41) is 2.64. The second kappa shape index (κ2) is 9.68. The highest BCUT2D eigenvalue weighted by atomic mass is 16.2. The summed E-state index contributed by atoms with van der Waals surface area (Å²) in [7, 11) is 5.06. The van der Waals surface area contributed by atoms with Crippen LogP contribution in [0, 0.1) is 5.92 Å². The van der Waals surface area contributed by atoms with Crippen LogP contribution in [0.15, 0.2) is 12.2 Å². The van der Waals surface area contributed by atoms with Crippen LogP contribution in [0.4, 0.5) is 0 Å². The van der Waals surface area contributed by atoms with Gasteiger partial charge in [0.15, 0.2) is 0 Å². The van der Waals surface area contributed by atoms with E-state index in [9.17, 15) is 9.59 Å². The fourth-order valence-electron chi connectivity index (χ4n) is 1.74. The highest BCUT2D eigenvalue weighted by Gasteiger charge is 2.21. The van der Waals surface area contributed by atoms with E-state index in [2.05, 4.69) is 11.4 Å². The Balaban J connectivity index is 4.16. The van der Waals surface area contributed by atoms with Crippen molar-refractivity contribution in [3.8, 4) is 0 Å². The molecule has 0 aromatic heterocycles. The van der Waals surface area contributed by atoms with E-state index in [1.54, 1.807) is 21.1 Å². The molecule has 0 aliphatic carbocycles. The van der Waals surface area contributed by atoms with Crippen LogP contribution in [0.25, 0.3) is 0 Å². The van der Waals surface area contributed by atoms with Gasteiger partial charge in [0.05, 0.1) is 0 Å². The van der Waals surface area contributed by atoms with Gasteiger partial charge < -0.3 is 10.2 Å². The quantitative estimate of drug-likeness (QED) is 0.532. The maximum Gasteiger partial charge on any atom is 0.223 e. The molecule has 1 atom stereocenters. The lowest BCUT2D eigenvalue weighted by Crippen LogP contribution is -2.32. The van der Waals surface area contributed by atoms with E-state index in [0.717, 1.165) is 25.7 Å². The van der Waals surface area contributed by atoms with Crippen molar-refractivity contribution in [2.24, 2.45) is 5.92 Å². The minimum absolute atomic E-state index is 0.0112. The maximum absolute atomic E-state index is 11.7. The number of unbranched alkanes of at least 4 members (excludes halogenated alkanes) is 2. The highest BCUT2D eigenvalue weighted by molar-refractivity contribution is 5.85. The Kier molecular flexibility index (Phi) is 8.97. The van der Waals surface area contributed by atoms with Gasteiger partial charge in [0.1, 0.15) is 0 Å². The van der Waals surface area contributed by atoms with Crippen molar-refractivity contribution in [2.75, 3.05) is 21.1 Å². The van der Waals surface area contributed by atoms with Crippen molar-refractivity contribution in [1.82, 2.24) is 10.2 Å². The first-order valence-electron chi connectivity index (χ1n) is 6.55. The second-order valence-corrected chi connectivity index (χ2v) is 4.66. The molecule has 104 valence electrons. The van der Waals surface area contributed by atoms with Gasteiger partial charge in [-0.3, -0.25) is 9.59 Å². The van der Waals surface area contributed by atoms with Crippen LogP contribution in [0.3, 0.4) is 0 Å². The molecular formula is C14H26N2O2. The van der Waals surface area contributed by atoms with Gasteiger partial charge >= 0.3 is 0 Å². The van der Waals surface area contributed by atoms with Gasteiger partial charge in [0.25, 0.3) is 0 Å². The van der Waals surface area contributed by atoms with Gasteiger partial charge in [0, 0.05) is 33.5 Å². The molecule has 1 unspecified atom stereocenters. The SMILES string of the molecule is C/C=C/CCCCC(CC(=O)N(C)C)C(=O)NC. The number of allylic oxidation sites excluding steroid dienone is 2. The molecule has 0 radical (unpaired) electrons. The topological polar surface area (TPSA) is 49.4 Å². The number of nitrogens with zero attached hydrogens (tertiary/aromatic N) is 1. The standard InChI is InChI=1S/C14H26N2O2/c1-5-6-7-8-9-10-12(14(18)15-2)11-13(17)16(3)4/h5-6,12H,7-11H2,1-4H3,(H,15,18)/b6-5+. The van der Waals surface area contributed by atoms with Crippen molar-refractivity contribution >= 4 is 11.8 Å². The summed E-state index contributed by atoms with van der Waals surface area (Å²) < 4.78 is 0. The Morgan fingerprint density at radius 1 is 1.28 bits per heavy atom. The summed E-state index contributed by atoms with van der Waals surface area (Å²) >= 11 is 0. The Hall–Kier alpha value is -1.32. The predicted octanol–water partition coefficient (Wildman–Crippen LogP) is 1.96. The largest absolute Gasteiger partial charge is 0.359 e. The lowest BCUT2D eigenvalue weighted by Gasteiger charge is -2.17. The molecule has 0 aromatic carbocycles. The van der Waals surface area contributed by atoms with Gasteiger partial charge in [-0.15, -0.1) is 0 Å². The zero-order valence-electron chi connectivity index (χ0n) is 12.0. The number of carbonyl (C=O) groups excluding carboxylic acids is 2. The fourth-order valence-corrected chi connectivity index (χ4v) is 1.74. The molecular weight excluding hydrogens is 228 g/mol. The van der Waals surface area contributed by atoms with Crippen LogP contribution in [0.2, 0.25) is 0 Å². The number of nitrogens with one attached hydrogen (secondary N) is 1. The first-order chi connectivity index (χ1) is 8.52. The van der Waals surface area contributed by atoms with E-state index in [-0.39, 0.29) is 17.7 Å². The lowest BCUT2D eigenvalue weighted by atomic mass is 9.96. The summed E-state index contributed by atoms with van der Waals surface area (Å²) in [5.74, 6) is -0.219. The van der Waals surface area contributed by atoms with E-state index < -0.39 is 0 Å². The third-order valence-electron chi connectivity index (χ3n) is 2.95. The van der Waals surface area contributed by atoms with Crippen molar-refractivity contribution in [2.45, 2.75) is 39.0 Å². The molecule has 4 heteroatoms. The van der Waals surface area contributed by atoms with Gasteiger partial charge in [-0.2, -0.15) is 0 Å². The normalized spacial score (nSPS) is 12.4. The molecule has 0 aromatic rings. The Morgan fingerprint density at radius 3 is 2.44 bits per heavy atom. The molecule has 0 rings (SSSR count). The molecule has 0 aliphatic heterocycles. The second-order valence-electron chi connectivity index (χ2n) is 4.66. The molecule has 0 bridgehead atoms. The summed E-state index contributed by atoms with van der Waals surface area (Å²) in [5.41, 5.74) is 0. The predicted molar refractivity (Wildman–Crippen MR) is 74.1 cm³/mol. The van der Waals surface area contributed by atoms with Gasteiger partial charge in [0.2, 0.25) is 11.8 Å². The Morgan fingerprint density at radius 2 is 1.94 bits per heavy atom. The van der Waals surface area contributed by atoms with E-state index in [1.807, 2.05) is 13.0 Å². The molecule has 0 saturated heterocycles. The first-order valence-corrected chi connectivity index (χ1v) is 6.55. The molecule has 4 nitrogen and oxygen atoms in total. The first kappa shape index (κ1) is 16.7. The number of carbonyl (C=O) groups is 2. The summed E-state index contributed by atoms with van der Waals surface area (Å²) in [6, 6.07) is 0. The summed E-state index contributed by atoms with van der Waals surface area (Å²) in [4.78, 5) is 24.9. The van der Waals surface area contributed by atoms with Crippen LogP contribution >= 0.6 is 0 Å². The molecule has 18 heavy (non-hydrogen) atoms. The maximum atomic E-state index is 11.7.